The van der Waals surface area contributed by atoms with Gasteiger partial charge in [-0.25, -0.2) is 9.97 Å². The summed E-state index contributed by atoms with van der Waals surface area (Å²) < 4.78 is 0. The average Bonchev–Trinajstić information content (AvgIpc) is 2.35. The van der Waals surface area contributed by atoms with E-state index in [2.05, 4.69) is 15.1 Å². The van der Waals surface area contributed by atoms with Crippen molar-refractivity contribution in [1.82, 2.24) is 9.97 Å². The van der Waals surface area contributed by atoms with Crippen LogP contribution in [0.5, 0.6) is 0 Å². The van der Waals surface area contributed by atoms with Gasteiger partial charge in [0.15, 0.2) is 5.16 Å². The quantitative estimate of drug-likeness (QED) is 0.157. The summed E-state index contributed by atoms with van der Waals surface area (Å²) >= 11 is 1.65. The number of thioether (sulfide) groups is 1. The number of oxime groups is 1. The smallest absolute Gasteiger partial charge is 0.187 e. The Morgan fingerprint density at radius 3 is 2.39 bits per heavy atom. The second kappa shape index (κ2) is 7.20. The van der Waals surface area contributed by atoms with Crippen molar-refractivity contribution in [3.63, 3.8) is 0 Å². The van der Waals surface area contributed by atoms with E-state index < -0.39 is 0 Å². The van der Waals surface area contributed by atoms with E-state index in [9.17, 15) is 0 Å². The summed E-state index contributed by atoms with van der Waals surface area (Å²) in [6.07, 6.45) is 2.53. The maximum atomic E-state index is 8.39. The number of hydrogen-bond donors (Lipinski definition) is 2. The minimum absolute atomic E-state index is 0.290. The van der Waals surface area contributed by atoms with Gasteiger partial charge in [-0.2, -0.15) is 0 Å². The first-order valence-electron chi connectivity index (χ1n) is 5.95. The summed E-state index contributed by atoms with van der Waals surface area (Å²) in [5.74, 6) is 1.24. The summed E-state index contributed by atoms with van der Waals surface area (Å²) in [5, 5.41) is 12.2. The molecule has 0 amide bonds. The lowest BCUT2D eigenvalue weighted by Gasteiger charge is -2.06. The van der Waals surface area contributed by atoms with E-state index in [0.717, 1.165) is 40.7 Å². The molecule has 5 nitrogen and oxygen atoms in total. The van der Waals surface area contributed by atoms with Gasteiger partial charge in [0.25, 0.3) is 0 Å². The molecule has 0 atom stereocenters. The van der Waals surface area contributed by atoms with Crippen LogP contribution in [0, 0.1) is 20.8 Å². The van der Waals surface area contributed by atoms with Crippen LogP contribution in [0.4, 0.5) is 0 Å². The van der Waals surface area contributed by atoms with Crippen molar-refractivity contribution in [2.45, 2.75) is 45.2 Å². The molecular formula is C12H20N4OS. The molecule has 1 aromatic rings. The number of hydrogen-bond acceptors (Lipinski definition) is 5. The van der Waals surface area contributed by atoms with Gasteiger partial charge in [-0.3, -0.25) is 0 Å². The second-order valence-electron chi connectivity index (χ2n) is 4.20. The molecule has 6 heteroatoms. The fraction of sp³-hybridized carbons (Fsp3) is 0.583. The van der Waals surface area contributed by atoms with E-state index in [0.29, 0.717) is 12.3 Å². The van der Waals surface area contributed by atoms with Crippen LogP contribution in [-0.2, 0) is 0 Å². The molecule has 0 saturated heterocycles. The van der Waals surface area contributed by atoms with Crippen LogP contribution in [0.3, 0.4) is 0 Å². The fourth-order valence-electron chi connectivity index (χ4n) is 1.43. The third-order valence-electron chi connectivity index (χ3n) is 2.80. The van der Waals surface area contributed by atoms with Crippen LogP contribution in [0.2, 0.25) is 0 Å². The van der Waals surface area contributed by atoms with Gasteiger partial charge in [-0.1, -0.05) is 16.9 Å². The Morgan fingerprint density at radius 2 is 1.83 bits per heavy atom. The van der Waals surface area contributed by atoms with Crippen LogP contribution in [0.25, 0.3) is 0 Å². The molecular weight excluding hydrogens is 248 g/mol. The summed E-state index contributed by atoms with van der Waals surface area (Å²) in [6.45, 7) is 6.05. The van der Waals surface area contributed by atoms with Crippen molar-refractivity contribution in [3.05, 3.63) is 17.0 Å². The van der Waals surface area contributed by atoms with Crippen molar-refractivity contribution >= 4 is 17.6 Å². The molecule has 1 aromatic heterocycles. The Kier molecular flexibility index (Phi) is 5.91. The van der Waals surface area contributed by atoms with E-state index in [1.165, 1.54) is 0 Å². The second-order valence-corrected chi connectivity index (χ2v) is 5.26. The van der Waals surface area contributed by atoms with Crippen LogP contribution in [-0.4, -0.2) is 26.8 Å². The minimum Gasteiger partial charge on any atom is -0.409 e. The van der Waals surface area contributed by atoms with E-state index in [1.807, 2.05) is 20.8 Å². The lowest BCUT2D eigenvalue weighted by atomic mass is 10.2. The zero-order valence-electron chi connectivity index (χ0n) is 11.1. The Bertz CT molecular complexity index is 411. The third-order valence-corrected chi connectivity index (χ3v) is 3.73. The Labute approximate surface area is 112 Å². The molecule has 0 aliphatic rings. The van der Waals surface area contributed by atoms with E-state index in [1.54, 1.807) is 11.8 Å². The van der Waals surface area contributed by atoms with Gasteiger partial charge < -0.3 is 10.9 Å². The average molecular weight is 268 g/mol. The molecule has 0 aliphatic carbocycles. The molecule has 0 aliphatic heterocycles. The zero-order chi connectivity index (χ0) is 13.5. The van der Waals surface area contributed by atoms with Gasteiger partial charge >= 0.3 is 0 Å². The van der Waals surface area contributed by atoms with Crippen LogP contribution in [0.1, 0.15) is 36.2 Å². The fourth-order valence-corrected chi connectivity index (χ4v) is 2.36. The minimum atomic E-state index is 0.290. The van der Waals surface area contributed by atoms with Gasteiger partial charge in [0.2, 0.25) is 0 Å². The number of nitrogens with two attached hydrogens (primary N) is 1. The van der Waals surface area contributed by atoms with Crippen LogP contribution in [0.15, 0.2) is 10.3 Å². The molecule has 0 aromatic carbocycles. The lowest BCUT2D eigenvalue weighted by molar-refractivity contribution is 0.316. The monoisotopic (exact) mass is 268 g/mol. The van der Waals surface area contributed by atoms with Crippen molar-refractivity contribution in [2.24, 2.45) is 10.9 Å². The summed E-state index contributed by atoms with van der Waals surface area (Å²) in [5.41, 5.74) is 8.64. The number of nitrogens with zero attached hydrogens (tertiary/aromatic N) is 3. The van der Waals surface area contributed by atoms with Gasteiger partial charge in [0, 0.05) is 23.6 Å². The zero-order valence-corrected chi connectivity index (χ0v) is 11.9. The highest BCUT2D eigenvalue weighted by molar-refractivity contribution is 7.99. The topological polar surface area (TPSA) is 84.4 Å². The maximum absolute atomic E-state index is 8.39. The SMILES string of the molecule is Cc1nc(SCCCCC(N)=NO)nc(C)c1C. The molecule has 0 spiro atoms. The van der Waals surface area contributed by atoms with E-state index in [-0.39, 0.29) is 0 Å². The van der Waals surface area contributed by atoms with Crippen molar-refractivity contribution < 1.29 is 5.21 Å². The molecule has 0 radical (unpaired) electrons. The predicted octanol–water partition coefficient (Wildman–Crippen LogP) is 2.41. The number of unbranched alkanes of at least 4 members (excludes halogenated alkanes) is 1. The van der Waals surface area contributed by atoms with Crippen LogP contribution < -0.4 is 5.73 Å². The molecule has 0 unspecified atom stereocenters. The van der Waals surface area contributed by atoms with Gasteiger partial charge in [0.1, 0.15) is 5.84 Å². The summed E-state index contributed by atoms with van der Waals surface area (Å²) in [6, 6.07) is 0. The molecule has 3 N–H and O–H groups in total. The molecule has 18 heavy (non-hydrogen) atoms. The molecule has 1 rings (SSSR count). The third kappa shape index (κ3) is 4.52. The molecule has 1 heterocycles. The Balaban J connectivity index is 2.36. The van der Waals surface area contributed by atoms with Gasteiger partial charge in [-0.15, -0.1) is 0 Å². The van der Waals surface area contributed by atoms with Gasteiger partial charge in [0.05, 0.1) is 0 Å². The highest BCUT2D eigenvalue weighted by Gasteiger charge is 2.04. The molecule has 0 saturated carbocycles. The number of aromatic nitrogens is 2. The highest BCUT2D eigenvalue weighted by Crippen LogP contribution is 2.18. The standard InChI is InChI=1S/C12H20N4OS/c1-8-9(2)14-12(15-10(8)3)18-7-5-4-6-11(13)16-17/h17H,4-7H2,1-3H3,(H2,13,16). The predicted molar refractivity (Wildman–Crippen MR) is 74.2 cm³/mol. The number of aryl methyl sites for hydroxylation is 2. The lowest BCUT2D eigenvalue weighted by Crippen LogP contribution is -2.10. The van der Waals surface area contributed by atoms with Crippen molar-refractivity contribution in [2.75, 3.05) is 5.75 Å². The largest absolute Gasteiger partial charge is 0.409 e. The van der Waals surface area contributed by atoms with E-state index >= 15 is 0 Å². The Morgan fingerprint density at radius 1 is 1.22 bits per heavy atom. The maximum Gasteiger partial charge on any atom is 0.187 e. The molecule has 0 bridgehead atoms. The van der Waals surface area contributed by atoms with Gasteiger partial charge in [-0.05, 0) is 39.2 Å². The Hall–Kier alpha value is -1.30. The van der Waals surface area contributed by atoms with Crippen LogP contribution >= 0.6 is 11.8 Å². The normalized spacial score (nSPS) is 11.8. The van der Waals surface area contributed by atoms with Crippen molar-refractivity contribution in [3.8, 4) is 0 Å². The number of rotatable bonds is 6. The van der Waals surface area contributed by atoms with E-state index in [4.69, 9.17) is 10.9 Å². The van der Waals surface area contributed by atoms with Crippen molar-refractivity contribution in [1.29, 1.82) is 0 Å². The number of amidine groups is 1. The molecule has 0 fully saturated rings. The highest BCUT2D eigenvalue weighted by atomic mass is 32.2. The first-order chi connectivity index (χ1) is 8.54. The first kappa shape index (κ1) is 14.8. The summed E-state index contributed by atoms with van der Waals surface area (Å²) in [4.78, 5) is 8.89. The summed E-state index contributed by atoms with van der Waals surface area (Å²) in [7, 11) is 0. The molecule has 100 valence electrons. The first-order valence-corrected chi connectivity index (χ1v) is 6.94.